The van der Waals surface area contributed by atoms with Gasteiger partial charge in [-0.2, -0.15) is 14.6 Å². The normalized spacial score (nSPS) is 18.6. The molecule has 1 fully saturated rings. The van der Waals surface area contributed by atoms with Gasteiger partial charge in [0.05, 0.1) is 5.69 Å². The molecule has 0 N–H and O–H groups in total. The van der Waals surface area contributed by atoms with Gasteiger partial charge in [-0.25, -0.2) is 4.98 Å². The summed E-state index contributed by atoms with van der Waals surface area (Å²) in [5.74, 6) is 2.01. The van der Waals surface area contributed by atoms with Crippen molar-refractivity contribution in [3.05, 3.63) is 17.6 Å². The molecular formula is C21H35N7. The third-order valence-corrected chi connectivity index (χ3v) is 6.35. The number of aryl methyl sites for hydroxylation is 1. The smallest absolute Gasteiger partial charge is 0.254 e. The van der Waals surface area contributed by atoms with Crippen molar-refractivity contribution in [3.8, 4) is 0 Å². The van der Waals surface area contributed by atoms with E-state index in [2.05, 4.69) is 52.5 Å². The second kappa shape index (κ2) is 8.33. The molecule has 2 aromatic rings. The number of anilines is 1. The van der Waals surface area contributed by atoms with Gasteiger partial charge >= 0.3 is 0 Å². The summed E-state index contributed by atoms with van der Waals surface area (Å²) in [7, 11) is 0. The van der Waals surface area contributed by atoms with Gasteiger partial charge in [-0.05, 0) is 53.4 Å². The van der Waals surface area contributed by atoms with Crippen molar-refractivity contribution in [3.63, 3.8) is 0 Å². The van der Waals surface area contributed by atoms with Gasteiger partial charge in [-0.3, -0.25) is 9.80 Å². The molecule has 3 heterocycles. The van der Waals surface area contributed by atoms with E-state index in [1.165, 1.54) is 29.9 Å². The molecule has 0 aromatic carbocycles. The molecule has 7 heteroatoms. The number of hydrogen-bond donors (Lipinski definition) is 0. The molecule has 7 nitrogen and oxygen atoms in total. The molecule has 154 valence electrons. The van der Waals surface area contributed by atoms with Crippen LogP contribution in [0, 0.1) is 0 Å². The number of hydrogen-bond acceptors (Lipinski definition) is 6. The van der Waals surface area contributed by atoms with Crippen molar-refractivity contribution in [2.75, 3.05) is 44.2 Å². The summed E-state index contributed by atoms with van der Waals surface area (Å²) in [4.78, 5) is 16.9. The lowest BCUT2D eigenvalue weighted by atomic mass is 9.96. The Morgan fingerprint density at radius 3 is 2.43 bits per heavy atom. The Bertz CT molecular complexity index is 781. The summed E-state index contributed by atoms with van der Waals surface area (Å²) in [5.41, 5.74) is 2.65. The highest BCUT2D eigenvalue weighted by Crippen LogP contribution is 2.30. The first-order chi connectivity index (χ1) is 13.5. The molecule has 0 atom stereocenters. The van der Waals surface area contributed by atoms with E-state index in [1.54, 1.807) is 6.33 Å². The first-order valence-corrected chi connectivity index (χ1v) is 11.0. The molecule has 4 rings (SSSR count). The van der Waals surface area contributed by atoms with E-state index in [1.807, 2.05) is 4.52 Å². The predicted molar refractivity (Wildman–Crippen MR) is 113 cm³/mol. The van der Waals surface area contributed by atoms with E-state index in [4.69, 9.17) is 4.98 Å². The molecule has 0 unspecified atom stereocenters. The van der Waals surface area contributed by atoms with Crippen molar-refractivity contribution < 1.29 is 0 Å². The molecule has 0 bridgehead atoms. The molecule has 0 amide bonds. The SMILES string of the molecule is CC(C)N(CCN1CCN(c2c3c(nc4ncnn24)CCCC3)CC1)C(C)C. The summed E-state index contributed by atoms with van der Waals surface area (Å²) >= 11 is 0. The van der Waals surface area contributed by atoms with Crippen LogP contribution < -0.4 is 4.90 Å². The fourth-order valence-corrected chi connectivity index (χ4v) is 4.84. The average molecular weight is 386 g/mol. The Morgan fingerprint density at radius 2 is 1.71 bits per heavy atom. The molecule has 2 aromatic heterocycles. The third kappa shape index (κ3) is 3.87. The van der Waals surface area contributed by atoms with Gasteiger partial charge < -0.3 is 4.90 Å². The van der Waals surface area contributed by atoms with Gasteiger partial charge in [0.1, 0.15) is 12.1 Å². The van der Waals surface area contributed by atoms with Crippen LogP contribution in [0.1, 0.15) is 51.8 Å². The van der Waals surface area contributed by atoms with E-state index in [-0.39, 0.29) is 0 Å². The highest BCUT2D eigenvalue weighted by Gasteiger charge is 2.26. The fraction of sp³-hybridized carbons (Fsp3) is 0.762. The van der Waals surface area contributed by atoms with Gasteiger partial charge in [0, 0.05) is 56.9 Å². The van der Waals surface area contributed by atoms with Crippen LogP contribution in [0.5, 0.6) is 0 Å². The molecule has 0 spiro atoms. The van der Waals surface area contributed by atoms with Crippen molar-refractivity contribution in [2.45, 2.75) is 65.5 Å². The van der Waals surface area contributed by atoms with E-state index >= 15 is 0 Å². The number of piperazine rings is 1. The number of rotatable bonds is 6. The zero-order valence-electron chi connectivity index (χ0n) is 17.9. The minimum atomic E-state index is 0.602. The molecule has 1 saturated heterocycles. The van der Waals surface area contributed by atoms with Gasteiger partial charge in [0.2, 0.25) is 0 Å². The maximum absolute atomic E-state index is 4.77. The minimum Gasteiger partial charge on any atom is -0.354 e. The monoisotopic (exact) mass is 385 g/mol. The van der Waals surface area contributed by atoms with Crippen LogP contribution in [0.4, 0.5) is 5.82 Å². The number of nitrogens with zero attached hydrogens (tertiary/aromatic N) is 7. The van der Waals surface area contributed by atoms with Crippen molar-refractivity contribution in [1.29, 1.82) is 0 Å². The highest BCUT2D eigenvalue weighted by atomic mass is 15.4. The second-order valence-electron chi connectivity index (χ2n) is 8.79. The van der Waals surface area contributed by atoms with Gasteiger partial charge in [0.15, 0.2) is 0 Å². The lowest BCUT2D eigenvalue weighted by Crippen LogP contribution is -2.50. The Hall–Kier alpha value is -1.73. The van der Waals surface area contributed by atoms with E-state index in [0.29, 0.717) is 12.1 Å². The highest BCUT2D eigenvalue weighted by molar-refractivity contribution is 5.55. The second-order valence-corrected chi connectivity index (χ2v) is 8.79. The van der Waals surface area contributed by atoms with Crippen molar-refractivity contribution in [2.24, 2.45) is 0 Å². The summed E-state index contributed by atoms with van der Waals surface area (Å²) in [6.07, 6.45) is 6.32. The van der Waals surface area contributed by atoms with Crippen molar-refractivity contribution >= 4 is 11.6 Å². The van der Waals surface area contributed by atoms with Gasteiger partial charge in [-0.1, -0.05) is 0 Å². The Morgan fingerprint density at radius 1 is 1.00 bits per heavy atom. The molecule has 28 heavy (non-hydrogen) atoms. The summed E-state index contributed by atoms with van der Waals surface area (Å²) in [6, 6.07) is 1.20. The van der Waals surface area contributed by atoms with Crippen LogP contribution >= 0.6 is 0 Å². The van der Waals surface area contributed by atoms with Crippen LogP contribution in [-0.4, -0.2) is 80.7 Å². The first kappa shape index (κ1) is 19.6. The summed E-state index contributed by atoms with van der Waals surface area (Å²) in [6.45, 7) is 15.8. The Balaban J connectivity index is 1.45. The Kier molecular flexibility index (Phi) is 5.83. The third-order valence-electron chi connectivity index (χ3n) is 6.35. The van der Waals surface area contributed by atoms with Crippen LogP contribution in [0.15, 0.2) is 6.33 Å². The molecule has 1 aliphatic carbocycles. The summed E-state index contributed by atoms with van der Waals surface area (Å²) in [5, 5.41) is 4.50. The quantitative estimate of drug-likeness (QED) is 0.760. The van der Waals surface area contributed by atoms with E-state index in [9.17, 15) is 0 Å². The molecule has 0 radical (unpaired) electrons. The van der Waals surface area contributed by atoms with Crippen LogP contribution in [0.2, 0.25) is 0 Å². The molecular weight excluding hydrogens is 350 g/mol. The predicted octanol–water partition coefficient (Wildman–Crippen LogP) is 2.24. The number of fused-ring (bicyclic) bond motifs is 2. The lowest BCUT2D eigenvalue weighted by Gasteiger charge is -2.39. The maximum atomic E-state index is 4.77. The zero-order chi connectivity index (χ0) is 19.7. The van der Waals surface area contributed by atoms with Crippen LogP contribution in [0.3, 0.4) is 0 Å². The molecule has 1 aliphatic heterocycles. The van der Waals surface area contributed by atoms with Crippen LogP contribution in [0.25, 0.3) is 5.78 Å². The Labute approximate surface area is 168 Å². The number of aromatic nitrogens is 4. The van der Waals surface area contributed by atoms with Gasteiger partial charge in [0.25, 0.3) is 5.78 Å². The van der Waals surface area contributed by atoms with Crippen molar-refractivity contribution in [1.82, 2.24) is 29.4 Å². The van der Waals surface area contributed by atoms with Crippen LogP contribution in [-0.2, 0) is 12.8 Å². The average Bonchev–Trinajstić information content (AvgIpc) is 3.14. The van der Waals surface area contributed by atoms with E-state index < -0.39 is 0 Å². The zero-order valence-corrected chi connectivity index (χ0v) is 17.9. The lowest BCUT2D eigenvalue weighted by molar-refractivity contribution is 0.140. The minimum absolute atomic E-state index is 0.602. The largest absolute Gasteiger partial charge is 0.354 e. The summed E-state index contributed by atoms with van der Waals surface area (Å²) < 4.78 is 1.97. The van der Waals surface area contributed by atoms with Gasteiger partial charge in [-0.15, -0.1) is 0 Å². The fourth-order valence-electron chi connectivity index (χ4n) is 4.84. The van der Waals surface area contributed by atoms with E-state index in [0.717, 1.165) is 57.9 Å². The standard InChI is InChI=1S/C21H35N7/c1-16(2)27(17(3)4)14-11-25-9-12-26(13-10-25)20-18-7-5-6-8-19(18)24-21-22-15-23-28(20)21/h15-17H,5-14H2,1-4H3. The molecule has 0 saturated carbocycles. The maximum Gasteiger partial charge on any atom is 0.254 e. The molecule has 2 aliphatic rings. The first-order valence-electron chi connectivity index (χ1n) is 11.0. The topological polar surface area (TPSA) is 52.8 Å².